The van der Waals surface area contributed by atoms with Gasteiger partial charge in [0.15, 0.2) is 0 Å². The van der Waals surface area contributed by atoms with Crippen LogP contribution in [0.1, 0.15) is 33.6 Å². The number of ether oxygens (including phenoxy) is 1. The summed E-state index contributed by atoms with van der Waals surface area (Å²) in [5, 5.41) is 0. The lowest BCUT2D eigenvalue weighted by molar-refractivity contribution is -0.0521. The molecule has 2 heterocycles. The molecule has 0 radical (unpaired) electrons. The van der Waals surface area contributed by atoms with Crippen LogP contribution in [-0.4, -0.2) is 55.5 Å². The minimum Gasteiger partial charge on any atom is -0.444 e. The molecule has 1 N–H and O–H groups in total. The molecule has 1 amide bonds. The van der Waals surface area contributed by atoms with Crippen LogP contribution in [0.2, 0.25) is 0 Å². The summed E-state index contributed by atoms with van der Waals surface area (Å²) < 4.78 is 34.6. The predicted octanol–water partition coefficient (Wildman–Crippen LogP) is 2.68. The molecule has 2 aliphatic heterocycles. The van der Waals surface area contributed by atoms with Crippen molar-refractivity contribution in [3.8, 4) is 0 Å². The van der Waals surface area contributed by atoms with Crippen molar-refractivity contribution in [2.24, 2.45) is 5.41 Å². The van der Waals surface area contributed by atoms with Crippen LogP contribution < -0.4 is 4.72 Å². The van der Waals surface area contributed by atoms with E-state index in [2.05, 4.69) is 4.72 Å². The van der Waals surface area contributed by atoms with Gasteiger partial charge in [-0.1, -0.05) is 18.2 Å². The summed E-state index contributed by atoms with van der Waals surface area (Å²) in [5.74, 6) is 0. The Morgan fingerprint density at radius 1 is 1.12 bits per heavy atom. The molecule has 1 spiro atoms. The molecule has 0 aliphatic carbocycles. The third-order valence-corrected chi connectivity index (χ3v) is 6.39. The van der Waals surface area contributed by atoms with Gasteiger partial charge in [-0.15, -0.1) is 0 Å². The Balaban J connectivity index is 1.51. The number of nitrogens with one attached hydrogen (secondary N) is 1. The van der Waals surface area contributed by atoms with E-state index >= 15 is 0 Å². The summed E-state index contributed by atoms with van der Waals surface area (Å²) in [4.78, 5) is 13.8. The number of likely N-dealkylation sites (tertiary alicyclic amines) is 1. The number of nitrogens with zero attached hydrogens (tertiary/aromatic N) is 2. The van der Waals surface area contributed by atoms with Crippen molar-refractivity contribution in [1.82, 2.24) is 9.21 Å². The van der Waals surface area contributed by atoms with E-state index in [1.54, 1.807) is 29.2 Å². The molecule has 2 fully saturated rings. The molecule has 0 atom stereocenters. The van der Waals surface area contributed by atoms with Crippen molar-refractivity contribution in [3.05, 3.63) is 30.3 Å². The van der Waals surface area contributed by atoms with Crippen LogP contribution in [0, 0.1) is 5.41 Å². The fraction of sp³-hybridized carbons (Fsp3) is 0.611. The predicted molar refractivity (Wildman–Crippen MR) is 100 cm³/mol. The van der Waals surface area contributed by atoms with Crippen LogP contribution >= 0.6 is 0 Å². The summed E-state index contributed by atoms with van der Waals surface area (Å²) in [6.45, 7) is 7.76. The molecule has 26 heavy (non-hydrogen) atoms. The number of para-hydroxylation sites is 1. The maximum Gasteiger partial charge on any atom is 0.410 e. The summed E-state index contributed by atoms with van der Waals surface area (Å²) in [7, 11) is -3.55. The largest absolute Gasteiger partial charge is 0.444 e. The average Bonchev–Trinajstić information content (AvgIpc) is 2.51. The van der Waals surface area contributed by atoms with Crippen molar-refractivity contribution < 1.29 is 17.9 Å². The average molecular weight is 381 g/mol. The minimum atomic E-state index is -3.55. The minimum absolute atomic E-state index is 0.0235. The van der Waals surface area contributed by atoms with Crippen LogP contribution in [0.4, 0.5) is 10.5 Å². The lowest BCUT2D eigenvalue weighted by atomic mass is 9.72. The fourth-order valence-electron chi connectivity index (χ4n) is 3.46. The number of benzene rings is 1. The second kappa shape index (κ2) is 6.74. The van der Waals surface area contributed by atoms with Gasteiger partial charge in [0, 0.05) is 37.3 Å². The third-order valence-electron chi connectivity index (χ3n) is 4.85. The fourth-order valence-corrected chi connectivity index (χ4v) is 4.68. The Hall–Kier alpha value is -1.80. The van der Waals surface area contributed by atoms with Gasteiger partial charge < -0.3 is 9.64 Å². The third kappa shape index (κ3) is 4.29. The van der Waals surface area contributed by atoms with Crippen LogP contribution in [0.3, 0.4) is 0 Å². The Kier molecular flexibility index (Phi) is 4.92. The molecule has 2 aliphatic rings. The lowest BCUT2D eigenvalue weighted by Gasteiger charge is -2.53. The number of rotatable bonds is 3. The van der Waals surface area contributed by atoms with Crippen molar-refractivity contribution in [2.75, 3.05) is 30.9 Å². The van der Waals surface area contributed by atoms with E-state index < -0.39 is 15.8 Å². The Labute approximate surface area is 155 Å². The van der Waals surface area contributed by atoms with Gasteiger partial charge in [-0.3, -0.25) is 4.72 Å². The Morgan fingerprint density at radius 2 is 1.69 bits per heavy atom. The second-order valence-corrected chi connectivity index (χ2v) is 9.88. The zero-order chi connectivity index (χ0) is 19.0. The standard InChI is InChI=1S/C18H27N3O4S/c1-17(2,3)25-16(22)20-13-18(14-20)9-11-21(12-10-18)26(23,24)19-15-7-5-4-6-8-15/h4-8,19H,9-14H2,1-3H3. The van der Waals surface area contributed by atoms with Gasteiger partial charge in [0.2, 0.25) is 0 Å². The quantitative estimate of drug-likeness (QED) is 0.873. The van der Waals surface area contributed by atoms with Crippen LogP contribution in [-0.2, 0) is 14.9 Å². The van der Waals surface area contributed by atoms with Crippen molar-refractivity contribution >= 4 is 22.0 Å². The number of piperidine rings is 1. The first-order chi connectivity index (χ1) is 12.1. The highest BCUT2D eigenvalue weighted by molar-refractivity contribution is 7.90. The van der Waals surface area contributed by atoms with E-state index in [9.17, 15) is 13.2 Å². The molecule has 0 unspecified atom stereocenters. The highest BCUT2D eigenvalue weighted by atomic mass is 32.2. The summed E-state index contributed by atoms with van der Waals surface area (Å²) in [6, 6.07) is 8.89. The van der Waals surface area contributed by atoms with Crippen molar-refractivity contribution in [1.29, 1.82) is 0 Å². The first-order valence-corrected chi connectivity index (χ1v) is 10.3. The zero-order valence-corrected chi connectivity index (χ0v) is 16.4. The maximum atomic E-state index is 12.5. The van der Waals surface area contributed by atoms with Gasteiger partial charge in [-0.2, -0.15) is 12.7 Å². The van der Waals surface area contributed by atoms with E-state index in [4.69, 9.17) is 4.74 Å². The molecular weight excluding hydrogens is 354 g/mol. The molecule has 144 valence electrons. The van der Waals surface area contributed by atoms with E-state index in [0.717, 1.165) is 12.8 Å². The molecule has 0 aromatic heterocycles. The van der Waals surface area contributed by atoms with Gasteiger partial charge in [0.25, 0.3) is 0 Å². The summed E-state index contributed by atoms with van der Waals surface area (Å²) in [6.07, 6.45) is 1.22. The number of hydrogen-bond donors (Lipinski definition) is 1. The summed E-state index contributed by atoms with van der Waals surface area (Å²) in [5.41, 5.74) is 0.0864. The highest BCUT2D eigenvalue weighted by Gasteiger charge is 2.49. The molecule has 0 saturated carbocycles. The van der Waals surface area contributed by atoms with Gasteiger partial charge in [0.05, 0.1) is 0 Å². The molecule has 7 nitrogen and oxygen atoms in total. The van der Waals surface area contributed by atoms with Crippen LogP contribution in [0.5, 0.6) is 0 Å². The SMILES string of the molecule is CC(C)(C)OC(=O)N1CC2(CCN(S(=O)(=O)Nc3ccccc3)CC2)C1. The number of carbonyl (C=O) groups excluding carboxylic acids is 1. The van der Waals surface area contributed by atoms with Crippen LogP contribution in [0.25, 0.3) is 0 Å². The first kappa shape index (κ1) is 19.0. The molecule has 1 aromatic rings. The number of amides is 1. The molecule has 3 rings (SSSR count). The second-order valence-electron chi connectivity index (χ2n) is 8.21. The molecular formula is C18H27N3O4S. The molecule has 8 heteroatoms. The zero-order valence-electron chi connectivity index (χ0n) is 15.6. The Morgan fingerprint density at radius 3 is 2.23 bits per heavy atom. The van der Waals surface area contributed by atoms with Gasteiger partial charge in [-0.05, 0) is 45.7 Å². The van der Waals surface area contributed by atoms with E-state index in [1.807, 2.05) is 26.8 Å². The molecule has 2 saturated heterocycles. The van der Waals surface area contributed by atoms with Gasteiger partial charge in [-0.25, -0.2) is 4.79 Å². The summed E-state index contributed by atoms with van der Waals surface area (Å²) >= 11 is 0. The van der Waals surface area contributed by atoms with Gasteiger partial charge >= 0.3 is 16.3 Å². The van der Waals surface area contributed by atoms with Crippen molar-refractivity contribution in [3.63, 3.8) is 0 Å². The first-order valence-electron chi connectivity index (χ1n) is 8.90. The number of hydrogen-bond acceptors (Lipinski definition) is 4. The number of carbonyl (C=O) groups is 1. The molecule has 0 bridgehead atoms. The van der Waals surface area contributed by atoms with E-state index in [-0.39, 0.29) is 11.5 Å². The van der Waals surface area contributed by atoms with Gasteiger partial charge in [0.1, 0.15) is 5.60 Å². The van der Waals surface area contributed by atoms with Crippen LogP contribution in [0.15, 0.2) is 30.3 Å². The monoisotopic (exact) mass is 381 g/mol. The van der Waals surface area contributed by atoms with E-state index in [0.29, 0.717) is 31.9 Å². The number of anilines is 1. The Bertz CT molecular complexity index is 742. The smallest absolute Gasteiger partial charge is 0.410 e. The van der Waals surface area contributed by atoms with E-state index in [1.165, 1.54) is 4.31 Å². The van der Waals surface area contributed by atoms with Crippen molar-refractivity contribution in [2.45, 2.75) is 39.2 Å². The maximum absolute atomic E-state index is 12.5. The normalized spacial score (nSPS) is 20.5. The topological polar surface area (TPSA) is 79.0 Å². The lowest BCUT2D eigenvalue weighted by Crippen LogP contribution is -2.63. The highest BCUT2D eigenvalue weighted by Crippen LogP contribution is 2.41. The molecule has 1 aromatic carbocycles.